The minimum atomic E-state index is -0.340. The van der Waals surface area contributed by atoms with E-state index in [9.17, 15) is 5.11 Å². The number of aliphatic hydroxyl groups excluding tert-OH is 1. The first-order chi connectivity index (χ1) is 9.12. The molecule has 1 saturated carbocycles. The second-order valence-corrected chi connectivity index (χ2v) is 7.14. The van der Waals surface area contributed by atoms with Gasteiger partial charge in [0, 0.05) is 19.1 Å². The average Bonchev–Trinajstić information content (AvgIpc) is 3.23. The van der Waals surface area contributed by atoms with Crippen molar-refractivity contribution in [2.24, 2.45) is 17.6 Å². The number of piperidine rings is 2. The minimum absolute atomic E-state index is 0.141. The first-order valence-electron chi connectivity index (χ1n) is 7.95. The molecule has 3 aliphatic rings. The Kier molecular flexibility index (Phi) is 3.87. The van der Waals surface area contributed by atoms with Gasteiger partial charge in [0.1, 0.15) is 0 Å². The van der Waals surface area contributed by atoms with Crippen LogP contribution in [0.5, 0.6) is 0 Å². The Morgan fingerprint density at radius 2 is 2.00 bits per heavy atom. The molecule has 3 N–H and O–H groups in total. The second-order valence-electron chi connectivity index (χ2n) is 7.14. The number of fused-ring (bicyclic) bond motifs is 1. The topological polar surface area (TPSA) is 52.7 Å². The lowest BCUT2D eigenvalue weighted by atomic mass is 9.83. The maximum atomic E-state index is 9.64. The Labute approximate surface area is 116 Å². The standard InChI is InChI=1S/C15H29N3O/c1-17-7-2-3-12-9-18(8-6-14(12)17)10-15(16,11-19)13-4-5-13/h12-14,19H,2-11,16H2,1H3. The van der Waals surface area contributed by atoms with Gasteiger partial charge in [-0.15, -0.1) is 0 Å². The van der Waals surface area contributed by atoms with Gasteiger partial charge >= 0.3 is 0 Å². The molecule has 0 aromatic carbocycles. The van der Waals surface area contributed by atoms with Crippen LogP contribution in [0.15, 0.2) is 0 Å². The molecule has 0 spiro atoms. The van der Waals surface area contributed by atoms with Crippen molar-refractivity contribution in [1.29, 1.82) is 0 Å². The third-order valence-electron chi connectivity index (χ3n) is 5.63. The third kappa shape index (κ3) is 2.82. The summed E-state index contributed by atoms with van der Waals surface area (Å²) < 4.78 is 0. The molecule has 3 rings (SSSR count). The highest BCUT2D eigenvalue weighted by atomic mass is 16.3. The van der Waals surface area contributed by atoms with Gasteiger partial charge in [0.25, 0.3) is 0 Å². The van der Waals surface area contributed by atoms with E-state index in [1.165, 1.54) is 45.2 Å². The molecule has 3 unspecified atom stereocenters. The van der Waals surface area contributed by atoms with E-state index in [1.807, 2.05) is 0 Å². The van der Waals surface area contributed by atoms with E-state index >= 15 is 0 Å². The summed E-state index contributed by atoms with van der Waals surface area (Å²) >= 11 is 0. The zero-order chi connectivity index (χ0) is 13.5. The molecule has 1 aliphatic carbocycles. The van der Waals surface area contributed by atoms with Crippen LogP contribution in [-0.2, 0) is 0 Å². The molecule has 3 fully saturated rings. The number of nitrogens with two attached hydrogens (primary N) is 1. The van der Waals surface area contributed by atoms with Crippen LogP contribution in [0.2, 0.25) is 0 Å². The van der Waals surface area contributed by atoms with Gasteiger partial charge in [0.15, 0.2) is 0 Å². The largest absolute Gasteiger partial charge is 0.394 e. The van der Waals surface area contributed by atoms with Crippen molar-refractivity contribution in [3.8, 4) is 0 Å². The van der Waals surface area contributed by atoms with Gasteiger partial charge in [-0.05, 0) is 64.1 Å². The molecule has 2 saturated heterocycles. The van der Waals surface area contributed by atoms with E-state index in [-0.39, 0.29) is 12.1 Å². The number of hydrogen-bond acceptors (Lipinski definition) is 4. The van der Waals surface area contributed by atoms with Gasteiger partial charge in [0.05, 0.1) is 12.1 Å². The third-order valence-corrected chi connectivity index (χ3v) is 5.63. The zero-order valence-electron chi connectivity index (χ0n) is 12.2. The number of rotatable bonds is 4. The van der Waals surface area contributed by atoms with Gasteiger partial charge in [-0.2, -0.15) is 0 Å². The Balaban J connectivity index is 1.58. The van der Waals surface area contributed by atoms with E-state index in [4.69, 9.17) is 5.73 Å². The fraction of sp³-hybridized carbons (Fsp3) is 1.00. The van der Waals surface area contributed by atoms with E-state index in [0.29, 0.717) is 5.92 Å². The highest BCUT2D eigenvalue weighted by Gasteiger charge is 2.44. The Bertz CT molecular complexity index is 321. The lowest BCUT2D eigenvalue weighted by Gasteiger charge is -2.47. The Morgan fingerprint density at radius 3 is 2.68 bits per heavy atom. The number of likely N-dealkylation sites (tertiary alicyclic amines) is 2. The summed E-state index contributed by atoms with van der Waals surface area (Å²) in [4.78, 5) is 5.07. The molecule has 4 nitrogen and oxygen atoms in total. The summed E-state index contributed by atoms with van der Waals surface area (Å²) in [6.45, 7) is 4.63. The second kappa shape index (κ2) is 5.32. The van der Waals surface area contributed by atoms with Crippen molar-refractivity contribution in [1.82, 2.24) is 9.80 Å². The first kappa shape index (κ1) is 13.8. The lowest BCUT2D eigenvalue weighted by Crippen LogP contribution is -2.59. The monoisotopic (exact) mass is 267 g/mol. The van der Waals surface area contributed by atoms with Gasteiger partial charge in [0.2, 0.25) is 0 Å². The summed E-state index contributed by atoms with van der Waals surface area (Å²) in [5.74, 6) is 1.37. The van der Waals surface area contributed by atoms with Crippen molar-refractivity contribution >= 4 is 0 Å². The SMILES string of the molecule is CN1CCCC2CN(CC(N)(CO)C3CC3)CCC21. The highest BCUT2D eigenvalue weighted by Crippen LogP contribution is 2.39. The lowest BCUT2D eigenvalue weighted by molar-refractivity contribution is 0.0203. The van der Waals surface area contributed by atoms with Crippen molar-refractivity contribution in [3.63, 3.8) is 0 Å². The molecule has 110 valence electrons. The van der Waals surface area contributed by atoms with Crippen molar-refractivity contribution in [3.05, 3.63) is 0 Å². The quantitative estimate of drug-likeness (QED) is 0.779. The summed E-state index contributed by atoms with van der Waals surface area (Å²) in [7, 11) is 2.28. The molecule has 0 radical (unpaired) electrons. The van der Waals surface area contributed by atoms with Crippen LogP contribution in [0.3, 0.4) is 0 Å². The van der Waals surface area contributed by atoms with Crippen LogP contribution in [0.25, 0.3) is 0 Å². The Morgan fingerprint density at radius 1 is 1.21 bits per heavy atom. The number of hydrogen-bond donors (Lipinski definition) is 2. The van der Waals surface area contributed by atoms with Crippen LogP contribution >= 0.6 is 0 Å². The summed E-state index contributed by atoms with van der Waals surface area (Å²) in [5, 5.41) is 9.64. The van der Waals surface area contributed by atoms with E-state index in [1.54, 1.807) is 0 Å². The molecule has 0 aromatic rings. The molecule has 2 aliphatic heterocycles. The van der Waals surface area contributed by atoms with E-state index < -0.39 is 0 Å². The summed E-state index contributed by atoms with van der Waals surface area (Å²) in [6, 6.07) is 0.784. The molecule has 3 atom stereocenters. The van der Waals surface area contributed by atoms with Gasteiger partial charge in [-0.3, -0.25) is 0 Å². The molecule has 4 heteroatoms. The van der Waals surface area contributed by atoms with Crippen LogP contribution < -0.4 is 5.73 Å². The Hall–Kier alpha value is -0.160. The fourth-order valence-corrected chi connectivity index (χ4v) is 4.25. The predicted octanol–water partition coefficient (Wildman–Crippen LogP) is 0.502. The maximum absolute atomic E-state index is 9.64. The van der Waals surface area contributed by atoms with Crippen molar-refractivity contribution < 1.29 is 5.11 Å². The van der Waals surface area contributed by atoms with E-state index in [2.05, 4.69) is 16.8 Å². The van der Waals surface area contributed by atoms with Crippen LogP contribution in [0.1, 0.15) is 32.1 Å². The number of aliphatic hydroxyl groups is 1. The van der Waals surface area contributed by atoms with Gasteiger partial charge in [-0.1, -0.05) is 0 Å². The van der Waals surface area contributed by atoms with E-state index in [0.717, 1.165) is 25.0 Å². The van der Waals surface area contributed by atoms with Crippen LogP contribution in [-0.4, -0.2) is 66.3 Å². The van der Waals surface area contributed by atoms with Crippen LogP contribution in [0, 0.1) is 11.8 Å². The average molecular weight is 267 g/mol. The highest BCUT2D eigenvalue weighted by molar-refractivity contribution is 5.01. The normalized spacial score (nSPS) is 36.8. The fourth-order valence-electron chi connectivity index (χ4n) is 4.25. The molecule has 0 bridgehead atoms. The molecule has 2 heterocycles. The minimum Gasteiger partial charge on any atom is -0.394 e. The molecular formula is C15H29N3O. The summed E-state index contributed by atoms with van der Waals surface area (Å²) in [6.07, 6.45) is 6.39. The zero-order valence-corrected chi connectivity index (χ0v) is 12.2. The first-order valence-corrected chi connectivity index (χ1v) is 7.95. The molecule has 0 amide bonds. The molecule has 0 aromatic heterocycles. The summed E-state index contributed by atoms with van der Waals surface area (Å²) in [5.41, 5.74) is 6.09. The van der Waals surface area contributed by atoms with Crippen molar-refractivity contribution in [2.75, 3.05) is 39.8 Å². The molecule has 19 heavy (non-hydrogen) atoms. The van der Waals surface area contributed by atoms with Gasteiger partial charge in [-0.25, -0.2) is 0 Å². The predicted molar refractivity (Wildman–Crippen MR) is 76.9 cm³/mol. The van der Waals surface area contributed by atoms with Crippen LogP contribution in [0.4, 0.5) is 0 Å². The van der Waals surface area contributed by atoms with Crippen molar-refractivity contribution in [2.45, 2.75) is 43.7 Å². The number of nitrogens with zero attached hydrogens (tertiary/aromatic N) is 2. The van der Waals surface area contributed by atoms with Gasteiger partial charge < -0.3 is 20.6 Å². The molecular weight excluding hydrogens is 238 g/mol. The maximum Gasteiger partial charge on any atom is 0.0626 e. The smallest absolute Gasteiger partial charge is 0.0626 e.